The van der Waals surface area contributed by atoms with Crippen LogP contribution in [-0.2, 0) is 9.47 Å². The Kier molecular flexibility index (Phi) is 3.06. The molecule has 0 aromatic heterocycles. The highest BCUT2D eigenvalue weighted by atomic mass is 16.7. The summed E-state index contributed by atoms with van der Waals surface area (Å²) in [5.74, 6) is -0.422. The summed E-state index contributed by atoms with van der Waals surface area (Å²) in [4.78, 5) is 2.09. The van der Waals surface area contributed by atoms with Crippen molar-refractivity contribution in [2.45, 2.75) is 18.8 Å². The van der Waals surface area contributed by atoms with E-state index in [0.717, 1.165) is 13.1 Å². The predicted molar refractivity (Wildman–Crippen MR) is 44.9 cm³/mol. The maximum Gasteiger partial charge on any atom is 0.193 e. The lowest BCUT2D eigenvalue weighted by Gasteiger charge is -2.47. The zero-order chi connectivity index (χ0) is 9.19. The molecule has 0 radical (unpaired) electrons. The highest BCUT2D eigenvalue weighted by molar-refractivity contribution is 4.89. The summed E-state index contributed by atoms with van der Waals surface area (Å²) < 4.78 is 10.4. The fourth-order valence-corrected chi connectivity index (χ4v) is 1.48. The van der Waals surface area contributed by atoms with Crippen LogP contribution >= 0.6 is 0 Å². The topological polar surface area (TPSA) is 41.9 Å². The van der Waals surface area contributed by atoms with E-state index in [1.807, 2.05) is 0 Å². The number of likely N-dealkylation sites (tertiary alicyclic amines) is 1. The minimum Gasteiger partial charge on any atom is -0.392 e. The van der Waals surface area contributed by atoms with Crippen molar-refractivity contribution in [2.24, 2.45) is 0 Å². The summed E-state index contributed by atoms with van der Waals surface area (Å²) in [6, 6.07) is 0. The number of hydrogen-bond donors (Lipinski definition) is 1. The lowest BCUT2D eigenvalue weighted by atomic mass is 10.1. The first-order valence-corrected chi connectivity index (χ1v) is 4.12. The van der Waals surface area contributed by atoms with Gasteiger partial charge in [0.1, 0.15) is 0 Å². The zero-order valence-electron chi connectivity index (χ0n) is 7.91. The fraction of sp³-hybridized carbons (Fsp3) is 1.00. The molecule has 4 heteroatoms. The third-order valence-electron chi connectivity index (χ3n) is 2.20. The summed E-state index contributed by atoms with van der Waals surface area (Å²) in [6.07, 6.45) is -0.281. The minimum absolute atomic E-state index is 0.281. The van der Waals surface area contributed by atoms with E-state index < -0.39 is 5.79 Å². The van der Waals surface area contributed by atoms with Gasteiger partial charge in [-0.1, -0.05) is 0 Å². The largest absolute Gasteiger partial charge is 0.392 e. The van der Waals surface area contributed by atoms with Gasteiger partial charge in [-0.2, -0.15) is 0 Å². The van der Waals surface area contributed by atoms with Gasteiger partial charge in [-0.05, 0) is 6.92 Å². The van der Waals surface area contributed by atoms with E-state index >= 15 is 0 Å². The average Bonchev–Trinajstić information content (AvgIpc) is 1.95. The molecule has 0 aliphatic carbocycles. The Bertz CT molecular complexity index is 137. The molecule has 0 amide bonds. The van der Waals surface area contributed by atoms with Crippen molar-refractivity contribution in [3.05, 3.63) is 0 Å². The Balaban J connectivity index is 2.25. The van der Waals surface area contributed by atoms with Crippen LogP contribution in [0.4, 0.5) is 0 Å². The van der Waals surface area contributed by atoms with E-state index in [1.54, 1.807) is 21.1 Å². The number of aliphatic hydroxyl groups is 1. The van der Waals surface area contributed by atoms with Crippen LogP contribution < -0.4 is 0 Å². The lowest BCUT2D eigenvalue weighted by Crippen LogP contribution is -2.64. The minimum atomic E-state index is -0.422. The average molecular weight is 175 g/mol. The number of ether oxygens (including phenoxy) is 2. The van der Waals surface area contributed by atoms with E-state index in [2.05, 4.69) is 4.90 Å². The third kappa shape index (κ3) is 1.95. The first-order valence-electron chi connectivity index (χ1n) is 4.12. The fourth-order valence-electron chi connectivity index (χ4n) is 1.48. The number of methoxy groups -OCH3 is 2. The molecule has 1 N–H and O–H groups in total. The van der Waals surface area contributed by atoms with Crippen LogP contribution in [0.15, 0.2) is 0 Å². The molecular formula is C8H17NO3. The van der Waals surface area contributed by atoms with Crippen molar-refractivity contribution >= 4 is 0 Å². The second-order valence-corrected chi connectivity index (χ2v) is 3.34. The van der Waals surface area contributed by atoms with Crippen LogP contribution in [-0.4, -0.2) is 55.8 Å². The summed E-state index contributed by atoms with van der Waals surface area (Å²) >= 11 is 0. The SMILES string of the molecule is COC1(OC)CN(CC(C)O)C1. The Morgan fingerprint density at radius 1 is 1.42 bits per heavy atom. The van der Waals surface area contributed by atoms with Crippen LogP contribution in [0.5, 0.6) is 0 Å². The number of rotatable bonds is 4. The van der Waals surface area contributed by atoms with E-state index in [1.165, 1.54) is 0 Å². The van der Waals surface area contributed by atoms with Gasteiger partial charge in [0.25, 0.3) is 0 Å². The predicted octanol–water partition coefficient (Wildman–Crippen LogP) is -0.328. The normalized spacial score (nSPS) is 25.0. The standard InChI is InChI=1S/C8H17NO3/c1-7(10)4-9-5-8(6-9,11-2)12-3/h7,10H,4-6H2,1-3H3. The summed E-state index contributed by atoms with van der Waals surface area (Å²) in [6.45, 7) is 3.95. The number of β-amino-alcohol motifs (C(OH)–C–C–N with tert-alkyl or cyclic N) is 1. The molecule has 1 rings (SSSR count). The second-order valence-electron chi connectivity index (χ2n) is 3.34. The van der Waals surface area contributed by atoms with Crippen LogP contribution in [0.2, 0.25) is 0 Å². The van der Waals surface area contributed by atoms with Gasteiger partial charge in [0.05, 0.1) is 19.2 Å². The van der Waals surface area contributed by atoms with Gasteiger partial charge in [0.15, 0.2) is 5.79 Å². The monoisotopic (exact) mass is 175 g/mol. The molecular weight excluding hydrogens is 158 g/mol. The van der Waals surface area contributed by atoms with Crippen molar-refractivity contribution < 1.29 is 14.6 Å². The van der Waals surface area contributed by atoms with Crippen molar-refractivity contribution in [3.63, 3.8) is 0 Å². The first-order chi connectivity index (χ1) is 5.62. The van der Waals surface area contributed by atoms with Gasteiger partial charge >= 0.3 is 0 Å². The van der Waals surface area contributed by atoms with Gasteiger partial charge in [0, 0.05) is 20.8 Å². The van der Waals surface area contributed by atoms with Gasteiger partial charge in [0.2, 0.25) is 0 Å². The molecule has 1 aliphatic heterocycles. The van der Waals surface area contributed by atoms with E-state index in [9.17, 15) is 0 Å². The Morgan fingerprint density at radius 2 is 1.92 bits per heavy atom. The molecule has 1 unspecified atom stereocenters. The zero-order valence-corrected chi connectivity index (χ0v) is 7.91. The summed E-state index contributed by atoms with van der Waals surface area (Å²) in [5, 5.41) is 9.08. The number of nitrogens with zero attached hydrogens (tertiary/aromatic N) is 1. The van der Waals surface area contributed by atoms with Gasteiger partial charge < -0.3 is 14.6 Å². The van der Waals surface area contributed by atoms with E-state index in [-0.39, 0.29) is 6.10 Å². The molecule has 1 fully saturated rings. The summed E-state index contributed by atoms with van der Waals surface area (Å²) in [7, 11) is 3.28. The molecule has 0 bridgehead atoms. The van der Waals surface area contributed by atoms with Crippen LogP contribution in [0.3, 0.4) is 0 Å². The van der Waals surface area contributed by atoms with Crippen molar-refractivity contribution in [2.75, 3.05) is 33.9 Å². The van der Waals surface area contributed by atoms with E-state index in [4.69, 9.17) is 14.6 Å². The Labute approximate surface area is 73.1 Å². The quantitative estimate of drug-likeness (QED) is 0.594. The molecule has 1 saturated heterocycles. The Hall–Kier alpha value is -0.160. The molecule has 1 heterocycles. The first kappa shape index (κ1) is 9.92. The second kappa shape index (κ2) is 3.70. The summed E-state index contributed by atoms with van der Waals surface area (Å²) in [5.41, 5.74) is 0. The number of hydrogen-bond acceptors (Lipinski definition) is 4. The Morgan fingerprint density at radius 3 is 2.25 bits per heavy atom. The van der Waals surface area contributed by atoms with Crippen LogP contribution in [0.1, 0.15) is 6.92 Å². The maximum atomic E-state index is 9.08. The van der Waals surface area contributed by atoms with Gasteiger partial charge in [-0.3, -0.25) is 4.90 Å². The lowest BCUT2D eigenvalue weighted by molar-refractivity contribution is -0.277. The maximum absolute atomic E-state index is 9.08. The molecule has 1 atom stereocenters. The van der Waals surface area contributed by atoms with Crippen LogP contribution in [0, 0.1) is 0 Å². The van der Waals surface area contributed by atoms with Gasteiger partial charge in [-0.15, -0.1) is 0 Å². The van der Waals surface area contributed by atoms with E-state index in [0.29, 0.717) is 6.54 Å². The van der Waals surface area contributed by atoms with Gasteiger partial charge in [-0.25, -0.2) is 0 Å². The third-order valence-corrected chi connectivity index (χ3v) is 2.20. The molecule has 0 spiro atoms. The molecule has 1 aliphatic rings. The van der Waals surface area contributed by atoms with Crippen LogP contribution in [0.25, 0.3) is 0 Å². The molecule has 0 aromatic carbocycles. The van der Waals surface area contributed by atoms with Crippen molar-refractivity contribution in [1.82, 2.24) is 4.90 Å². The molecule has 12 heavy (non-hydrogen) atoms. The smallest absolute Gasteiger partial charge is 0.193 e. The molecule has 72 valence electrons. The molecule has 0 saturated carbocycles. The molecule has 4 nitrogen and oxygen atoms in total. The highest BCUT2D eigenvalue weighted by Crippen LogP contribution is 2.24. The molecule has 0 aromatic rings. The van der Waals surface area contributed by atoms with Crippen molar-refractivity contribution in [1.29, 1.82) is 0 Å². The van der Waals surface area contributed by atoms with Crippen molar-refractivity contribution in [3.8, 4) is 0 Å². The number of aliphatic hydroxyl groups excluding tert-OH is 1. The highest BCUT2D eigenvalue weighted by Gasteiger charge is 2.43.